The molecule has 0 N–H and O–H groups in total. The molecule has 0 aliphatic carbocycles. The van der Waals surface area contributed by atoms with Crippen LogP contribution in [0.2, 0.25) is 0 Å². The Morgan fingerprint density at radius 2 is 2.33 bits per heavy atom. The Morgan fingerprint density at radius 3 is 2.75 bits per heavy atom. The molecule has 1 fully saturated rings. The molecule has 0 spiro atoms. The second kappa shape index (κ2) is 3.52. The number of hydrogen-bond donors (Lipinski definition) is 0. The van der Waals surface area contributed by atoms with Crippen molar-refractivity contribution in [1.82, 2.24) is 0 Å². The summed E-state index contributed by atoms with van der Waals surface area (Å²) in [7, 11) is 0. The highest BCUT2D eigenvalue weighted by Crippen LogP contribution is 2.34. The van der Waals surface area contributed by atoms with Gasteiger partial charge in [0, 0.05) is 5.92 Å². The lowest BCUT2D eigenvalue weighted by Gasteiger charge is -2.15. The van der Waals surface area contributed by atoms with Crippen LogP contribution in [0.1, 0.15) is 19.8 Å². The molecule has 1 atom stereocenters. The van der Waals surface area contributed by atoms with Gasteiger partial charge in [0.15, 0.2) is 0 Å². The lowest BCUT2D eigenvalue weighted by atomic mass is 9.97. The highest BCUT2D eigenvalue weighted by atomic mass is 19.3. The number of halogens is 2. The molecule has 0 saturated carbocycles. The van der Waals surface area contributed by atoms with Crippen LogP contribution < -0.4 is 0 Å². The van der Waals surface area contributed by atoms with Crippen molar-refractivity contribution in [2.75, 3.05) is 13.2 Å². The largest absolute Gasteiger partial charge is 0.375 e. The van der Waals surface area contributed by atoms with Crippen molar-refractivity contribution in [3.8, 4) is 0 Å². The van der Waals surface area contributed by atoms with Gasteiger partial charge in [0.05, 0.1) is 6.61 Å². The zero-order valence-corrected chi connectivity index (χ0v) is 7.28. The summed E-state index contributed by atoms with van der Waals surface area (Å²) >= 11 is 0. The standard InChI is InChI=1S/C9H14F2O/c1-7(2)3-4-8-5-12-6-9(8,10)11/h8H,1,3-6H2,2H3. The number of ether oxygens (including phenoxy) is 1. The first-order valence-electron chi connectivity index (χ1n) is 4.12. The molecular weight excluding hydrogens is 162 g/mol. The van der Waals surface area contributed by atoms with Crippen LogP contribution in [0.3, 0.4) is 0 Å². The number of rotatable bonds is 3. The monoisotopic (exact) mass is 176 g/mol. The van der Waals surface area contributed by atoms with Gasteiger partial charge in [-0.05, 0) is 19.8 Å². The highest BCUT2D eigenvalue weighted by molar-refractivity contribution is 4.91. The summed E-state index contributed by atoms with van der Waals surface area (Å²) in [5.41, 5.74) is 0.956. The summed E-state index contributed by atoms with van der Waals surface area (Å²) in [4.78, 5) is 0. The fourth-order valence-corrected chi connectivity index (χ4v) is 1.29. The van der Waals surface area contributed by atoms with Crippen molar-refractivity contribution in [1.29, 1.82) is 0 Å². The molecule has 0 aromatic heterocycles. The van der Waals surface area contributed by atoms with Crippen LogP contribution in [0.25, 0.3) is 0 Å². The molecule has 0 aromatic carbocycles. The van der Waals surface area contributed by atoms with Crippen LogP contribution in [-0.4, -0.2) is 19.1 Å². The van der Waals surface area contributed by atoms with E-state index in [1.807, 2.05) is 6.92 Å². The zero-order valence-electron chi connectivity index (χ0n) is 7.28. The Labute approximate surface area is 71.4 Å². The van der Waals surface area contributed by atoms with Gasteiger partial charge in [-0.15, -0.1) is 6.58 Å². The van der Waals surface area contributed by atoms with Crippen LogP contribution in [0, 0.1) is 5.92 Å². The molecule has 0 aromatic rings. The summed E-state index contributed by atoms with van der Waals surface area (Å²) in [6.07, 6.45) is 1.16. The third kappa shape index (κ3) is 2.27. The smallest absolute Gasteiger partial charge is 0.275 e. The van der Waals surface area contributed by atoms with Crippen LogP contribution in [0.4, 0.5) is 8.78 Å². The predicted octanol–water partition coefficient (Wildman–Crippen LogP) is 2.62. The van der Waals surface area contributed by atoms with Gasteiger partial charge in [0.1, 0.15) is 6.61 Å². The SMILES string of the molecule is C=C(C)CCC1COCC1(F)F. The van der Waals surface area contributed by atoms with E-state index in [9.17, 15) is 8.78 Å². The molecule has 3 heteroatoms. The second-order valence-electron chi connectivity index (χ2n) is 3.47. The van der Waals surface area contributed by atoms with E-state index < -0.39 is 18.4 Å². The molecule has 1 nitrogen and oxygen atoms in total. The second-order valence-corrected chi connectivity index (χ2v) is 3.47. The van der Waals surface area contributed by atoms with Gasteiger partial charge >= 0.3 is 0 Å². The lowest BCUT2D eigenvalue weighted by Crippen LogP contribution is -2.26. The minimum absolute atomic E-state index is 0.195. The highest BCUT2D eigenvalue weighted by Gasteiger charge is 2.44. The predicted molar refractivity (Wildman–Crippen MR) is 43.3 cm³/mol. The third-order valence-corrected chi connectivity index (χ3v) is 2.13. The maximum Gasteiger partial charge on any atom is 0.275 e. The zero-order chi connectivity index (χ0) is 9.19. The fourth-order valence-electron chi connectivity index (χ4n) is 1.29. The number of alkyl halides is 2. The summed E-state index contributed by atoms with van der Waals surface area (Å²) in [6, 6.07) is 0. The van der Waals surface area contributed by atoms with Gasteiger partial charge in [0.25, 0.3) is 5.92 Å². The number of allylic oxidation sites excluding steroid dienone is 1. The average Bonchev–Trinajstić information content (AvgIpc) is 2.25. The maximum absolute atomic E-state index is 12.9. The van der Waals surface area contributed by atoms with Crippen molar-refractivity contribution in [3.63, 3.8) is 0 Å². The van der Waals surface area contributed by atoms with E-state index in [-0.39, 0.29) is 6.61 Å². The minimum atomic E-state index is -2.62. The summed E-state index contributed by atoms with van der Waals surface area (Å²) in [6.45, 7) is 5.32. The molecule has 0 amide bonds. The molecule has 0 bridgehead atoms. The van der Waals surface area contributed by atoms with E-state index >= 15 is 0 Å². The molecule has 1 heterocycles. The van der Waals surface area contributed by atoms with Crippen LogP contribution in [-0.2, 0) is 4.74 Å². The molecule has 1 aliphatic rings. The molecule has 70 valence electrons. The van der Waals surface area contributed by atoms with Crippen molar-refractivity contribution < 1.29 is 13.5 Å². The third-order valence-electron chi connectivity index (χ3n) is 2.13. The topological polar surface area (TPSA) is 9.23 Å². The normalized spacial score (nSPS) is 27.4. The van der Waals surface area contributed by atoms with Crippen LogP contribution >= 0.6 is 0 Å². The van der Waals surface area contributed by atoms with Crippen LogP contribution in [0.5, 0.6) is 0 Å². The van der Waals surface area contributed by atoms with Crippen molar-refractivity contribution in [3.05, 3.63) is 12.2 Å². The summed E-state index contributed by atoms with van der Waals surface area (Å²) < 4.78 is 30.5. The first-order chi connectivity index (χ1) is 5.52. The first-order valence-corrected chi connectivity index (χ1v) is 4.12. The Kier molecular flexibility index (Phi) is 2.83. The van der Waals surface area contributed by atoms with Crippen molar-refractivity contribution in [2.45, 2.75) is 25.7 Å². The van der Waals surface area contributed by atoms with E-state index in [1.54, 1.807) is 0 Å². The van der Waals surface area contributed by atoms with Crippen molar-refractivity contribution >= 4 is 0 Å². The molecule has 12 heavy (non-hydrogen) atoms. The number of hydrogen-bond acceptors (Lipinski definition) is 1. The van der Waals surface area contributed by atoms with E-state index in [0.717, 1.165) is 5.57 Å². The van der Waals surface area contributed by atoms with Gasteiger partial charge in [-0.25, -0.2) is 8.78 Å². The lowest BCUT2D eigenvalue weighted by molar-refractivity contribution is -0.0383. The minimum Gasteiger partial charge on any atom is -0.375 e. The Morgan fingerprint density at radius 1 is 1.67 bits per heavy atom. The molecule has 1 unspecified atom stereocenters. The van der Waals surface area contributed by atoms with Gasteiger partial charge < -0.3 is 4.74 Å². The molecule has 1 saturated heterocycles. The Hall–Kier alpha value is -0.440. The van der Waals surface area contributed by atoms with E-state index in [2.05, 4.69) is 6.58 Å². The van der Waals surface area contributed by atoms with Crippen molar-refractivity contribution in [2.24, 2.45) is 5.92 Å². The Balaban J connectivity index is 2.36. The van der Waals surface area contributed by atoms with Gasteiger partial charge in [0.2, 0.25) is 0 Å². The van der Waals surface area contributed by atoms with E-state index in [1.165, 1.54) is 0 Å². The van der Waals surface area contributed by atoms with Gasteiger partial charge in [-0.2, -0.15) is 0 Å². The van der Waals surface area contributed by atoms with Gasteiger partial charge in [-0.3, -0.25) is 0 Å². The van der Waals surface area contributed by atoms with E-state index in [0.29, 0.717) is 12.8 Å². The Bertz CT molecular complexity index is 177. The van der Waals surface area contributed by atoms with E-state index in [4.69, 9.17) is 4.74 Å². The first kappa shape index (κ1) is 9.65. The molecule has 1 aliphatic heterocycles. The molecule has 0 radical (unpaired) electrons. The molecule has 1 rings (SSSR count). The van der Waals surface area contributed by atoms with Gasteiger partial charge in [-0.1, -0.05) is 5.57 Å². The summed E-state index contributed by atoms with van der Waals surface area (Å²) in [5, 5.41) is 0. The maximum atomic E-state index is 12.9. The quantitative estimate of drug-likeness (QED) is 0.600. The fraction of sp³-hybridized carbons (Fsp3) is 0.778. The van der Waals surface area contributed by atoms with Crippen LogP contribution in [0.15, 0.2) is 12.2 Å². The molecular formula is C9H14F2O. The average molecular weight is 176 g/mol. The summed E-state index contributed by atoms with van der Waals surface area (Å²) in [5.74, 6) is -3.22.